The first-order valence-corrected chi connectivity index (χ1v) is 10.6. The molecule has 0 N–H and O–H groups in total. The van der Waals surface area contributed by atoms with E-state index >= 15 is 4.39 Å². The zero-order valence-electron chi connectivity index (χ0n) is 17.5. The number of para-hydroxylation sites is 1. The summed E-state index contributed by atoms with van der Waals surface area (Å²) in [6.45, 7) is 6.29. The SMILES string of the molecule is CCC(CC)c1cc2ccnc(-c3cc(C)cc4c3oc3ccccc34)c2cc1F. The molecule has 0 bridgehead atoms. The molecule has 150 valence electrons. The minimum Gasteiger partial charge on any atom is -0.455 e. The lowest BCUT2D eigenvalue weighted by molar-refractivity contribution is 0.560. The molecule has 2 heterocycles. The molecular weight excluding hydrogens is 373 g/mol. The van der Waals surface area contributed by atoms with E-state index in [0.29, 0.717) is 0 Å². The molecule has 0 radical (unpaired) electrons. The summed E-state index contributed by atoms with van der Waals surface area (Å²) in [7, 11) is 0. The molecule has 5 rings (SSSR count). The molecular formula is C27H24FNO. The Morgan fingerprint density at radius 2 is 1.73 bits per heavy atom. The monoisotopic (exact) mass is 397 g/mol. The highest BCUT2D eigenvalue weighted by Crippen LogP contribution is 2.39. The van der Waals surface area contributed by atoms with Crippen LogP contribution in [-0.4, -0.2) is 4.98 Å². The maximum absolute atomic E-state index is 15.1. The van der Waals surface area contributed by atoms with Gasteiger partial charge in [0.05, 0.1) is 5.69 Å². The van der Waals surface area contributed by atoms with E-state index in [-0.39, 0.29) is 11.7 Å². The van der Waals surface area contributed by atoms with Crippen molar-refractivity contribution in [1.29, 1.82) is 0 Å². The molecule has 0 saturated heterocycles. The number of aryl methyl sites for hydroxylation is 1. The molecule has 3 aromatic carbocycles. The molecule has 0 saturated carbocycles. The van der Waals surface area contributed by atoms with Crippen LogP contribution in [-0.2, 0) is 0 Å². The lowest BCUT2D eigenvalue weighted by atomic mass is 9.90. The summed E-state index contributed by atoms with van der Waals surface area (Å²) in [4.78, 5) is 4.67. The van der Waals surface area contributed by atoms with Crippen molar-refractivity contribution in [2.24, 2.45) is 0 Å². The van der Waals surface area contributed by atoms with E-state index in [1.54, 1.807) is 6.07 Å². The van der Waals surface area contributed by atoms with Gasteiger partial charge in [-0.05, 0) is 78.6 Å². The Morgan fingerprint density at radius 3 is 2.53 bits per heavy atom. The van der Waals surface area contributed by atoms with Crippen LogP contribution in [0.5, 0.6) is 0 Å². The molecule has 0 unspecified atom stereocenters. The van der Waals surface area contributed by atoms with Crippen molar-refractivity contribution in [1.82, 2.24) is 4.98 Å². The molecule has 0 fully saturated rings. The van der Waals surface area contributed by atoms with Gasteiger partial charge in [0.1, 0.15) is 17.0 Å². The van der Waals surface area contributed by atoms with Gasteiger partial charge in [-0.1, -0.05) is 32.0 Å². The fourth-order valence-electron chi connectivity index (χ4n) is 4.62. The van der Waals surface area contributed by atoms with Gasteiger partial charge in [-0.25, -0.2) is 4.39 Å². The number of hydrogen-bond donors (Lipinski definition) is 0. The molecule has 0 spiro atoms. The van der Waals surface area contributed by atoms with Gasteiger partial charge in [-0.3, -0.25) is 4.98 Å². The third-order valence-corrected chi connectivity index (χ3v) is 6.18. The van der Waals surface area contributed by atoms with E-state index < -0.39 is 0 Å². The highest BCUT2D eigenvalue weighted by atomic mass is 19.1. The van der Waals surface area contributed by atoms with Crippen molar-refractivity contribution in [2.45, 2.75) is 39.5 Å². The molecule has 0 aliphatic rings. The smallest absolute Gasteiger partial charge is 0.144 e. The Bertz CT molecular complexity index is 1390. The molecule has 2 aromatic heterocycles. The van der Waals surface area contributed by atoms with Gasteiger partial charge in [0.15, 0.2) is 0 Å². The summed E-state index contributed by atoms with van der Waals surface area (Å²) in [5, 5.41) is 3.97. The molecule has 0 aliphatic carbocycles. The average molecular weight is 397 g/mol. The Hall–Kier alpha value is -3.20. The standard InChI is InChI=1S/C27H24FNO/c1-4-17(5-2)20-14-18-10-11-29-26(21(18)15-24(20)28)23-13-16(3)12-22-19-8-6-7-9-25(19)30-27(22)23/h6-15,17H,4-5H2,1-3H3. The number of furan rings is 1. The summed E-state index contributed by atoms with van der Waals surface area (Å²) in [6.07, 6.45) is 3.66. The molecule has 0 amide bonds. The predicted octanol–water partition coefficient (Wildman–Crippen LogP) is 8.15. The van der Waals surface area contributed by atoms with Gasteiger partial charge < -0.3 is 4.42 Å². The highest BCUT2D eigenvalue weighted by Gasteiger charge is 2.19. The number of rotatable bonds is 4. The van der Waals surface area contributed by atoms with Crippen LogP contribution in [0.4, 0.5) is 4.39 Å². The Balaban J connectivity index is 1.81. The van der Waals surface area contributed by atoms with Crippen molar-refractivity contribution in [2.75, 3.05) is 0 Å². The largest absolute Gasteiger partial charge is 0.455 e. The average Bonchev–Trinajstić information content (AvgIpc) is 3.12. The van der Waals surface area contributed by atoms with E-state index in [4.69, 9.17) is 4.42 Å². The molecule has 0 aliphatic heterocycles. The van der Waals surface area contributed by atoms with E-state index in [1.807, 2.05) is 36.5 Å². The quantitative estimate of drug-likeness (QED) is 0.306. The second-order valence-corrected chi connectivity index (χ2v) is 8.06. The number of benzene rings is 3. The van der Waals surface area contributed by atoms with Gasteiger partial charge in [0.25, 0.3) is 0 Å². The zero-order chi connectivity index (χ0) is 20.8. The van der Waals surface area contributed by atoms with Gasteiger partial charge in [0.2, 0.25) is 0 Å². The van der Waals surface area contributed by atoms with Crippen LogP contribution < -0.4 is 0 Å². The minimum absolute atomic E-state index is 0.154. The summed E-state index contributed by atoms with van der Waals surface area (Å²) < 4.78 is 21.4. The van der Waals surface area contributed by atoms with Crippen molar-refractivity contribution in [3.8, 4) is 11.3 Å². The number of nitrogens with zero attached hydrogens (tertiary/aromatic N) is 1. The second kappa shape index (κ2) is 7.24. The Labute approximate surface area is 175 Å². The lowest BCUT2D eigenvalue weighted by Gasteiger charge is -2.16. The van der Waals surface area contributed by atoms with Crippen LogP contribution in [0.1, 0.15) is 43.7 Å². The van der Waals surface area contributed by atoms with Crippen molar-refractivity contribution in [3.05, 3.63) is 77.7 Å². The van der Waals surface area contributed by atoms with Crippen molar-refractivity contribution < 1.29 is 8.81 Å². The zero-order valence-corrected chi connectivity index (χ0v) is 17.5. The number of fused-ring (bicyclic) bond motifs is 4. The van der Waals surface area contributed by atoms with Gasteiger partial charge in [-0.15, -0.1) is 0 Å². The Kier molecular flexibility index (Phi) is 4.54. The van der Waals surface area contributed by atoms with E-state index in [9.17, 15) is 0 Å². The predicted molar refractivity (Wildman–Crippen MR) is 122 cm³/mol. The van der Waals surface area contributed by atoms with Crippen molar-refractivity contribution >= 4 is 32.7 Å². The maximum Gasteiger partial charge on any atom is 0.144 e. The molecule has 30 heavy (non-hydrogen) atoms. The van der Waals surface area contributed by atoms with Gasteiger partial charge in [0, 0.05) is 27.9 Å². The lowest BCUT2D eigenvalue weighted by Crippen LogP contribution is -2.00. The topological polar surface area (TPSA) is 26.0 Å². The first kappa shape index (κ1) is 18.8. The van der Waals surface area contributed by atoms with E-state index in [1.165, 1.54) is 0 Å². The number of pyridine rings is 1. The molecule has 5 aromatic rings. The van der Waals surface area contributed by atoms with Crippen LogP contribution in [0.25, 0.3) is 44.0 Å². The summed E-state index contributed by atoms with van der Waals surface area (Å²) in [5.74, 6) is 0.0750. The third-order valence-electron chi connectivity index (χ3n) is 6.18. The highest BCUT2D eigenvalue weighted by molar-refractivity contribution is 6.11. The first-order valence-electron chi connectivity index (χ1n) is 10.6. The third kappa shape index (κ3) is 2.88. The summed E-state index contributed by atoms with van der Waals surface area (Å²) in [5.41, 5.74) is 5.23. The summed E-state index contributed by atoms with van der Waals surface area (Å²) in [6, 6.07) is 17.9. The van der Waals surface area contributed by atoms with Gasteiger partial charge in [-0.2, -0.15) is 0 Å². The van der Waals surface area contributed by atoms with Crippen LogP contribution in [0.3, 0.4) is 0 Å². The van der Waals surface area contributed by atoms with Crippen molar-refractivity contribution in [3.63, 3.8) is 0 Å². The normalized spacial score (nSPS) is 11.9. The number of aromatic nitrogens is 1. The molecule has 0 atom stereocenters. The van der Waals surface area contributed by atoms with Crippen LogP contribution >= 0.6 is 0 Å². The van der Waals surface area contributed by atoms with Crippen LogP contribution in [0.15, 0.2) is 65.2 Å². The molecule has 3 heteroatoms. The second-order valence-electron chi connectivity index (χ2n) is 8.06. The number of halogens is 1. The van der Waals surface area contributed by atoms with E-state index in [2.05, 4.69) is 44.0 Å². The Morgan fingerprint density at radius 1 is 0.933 bits per heavy atom. The first-order chi connectivity index (χ1) is 14.6. The minimum atomic E-state index is -0.154. The summed E-state index contributed by atoms with van der Waals surface area (Å²) >= 11 is 0. The fourth-order valence-corrected chi connectivity index (χ4v) is 4.62. The fraction of sp³-hybridized carbons (Fsp3) is 0.222. The number of hydrogen-bond acceptors (Lipinski definition) is 2. The van der Waals surface area contributed by atoms with Gasteiger partial charge >= 0.3 is 0 Å². The van der Waals surface area contributed by atoms with Crippen LogP contribution in [0.2, 0.25) is 0 Å². The van der Waals surface area contributed by atoms with Crippen LogP contribution in [0, 0.1) is 12.7 Å². The van der Waals surface area contributed by atoms with E-state index in [0.717, 1.165) is 67.9 Å². The molecule has 2 nitrogen and oxygen atoms in total. The maximum atomic E-state index is 15.1.